The standard InChI is InChI=1S/C17H17ClN2O3/c1-11-4-5-12(9-15(11)18)20-7-6-14(17(20)22)16(21)19-10-13-3-2-8-23-13/h2-5,8-9,14H,6-7,10H2,1H3,(H,19,21)/t14-/m0/s1. The van der Waals surface area contributed by atoms with Gasteiger partial charge in [0.1, 0.15) is 11.7 Å². The van der Waals surface area contributed by atoms with Crippen LogP contribution < -0.4 is 10.2 Å². The number of benzene rings is 1. The molecule has 1 aliphatic rings. The Morgan fingerprint density at radius 1 is 1.43 bits per heavy atom. The first-order chi connectivity index (χ1) is 11.1. The molecule has 0 radical (unpaired) electrons. The van der Waals surface area contributed by atoms with Crippen molar-refractivity contribution in [2.24, 2.45) is 5.92 Å². The zero-order valence-corrected chi connectivity index (χ0v) is 13.5. The van der Waals surface area contributed by atoms with Crippen LogP contribution in [-0.2, 0) is 16.1 Å². The number of amides is 2. The number of rotatable bonds is 4. The van der Waals surface area contributed by atoms with Gasteiger partial charge in [0.15, 0.2) is 0 Å². The topological polar surface area (TPSA) is 62.6 Å². The van der Waals surface area contributed by atoms with Crippen molar-refractivity contribution < 1.29 is 14.0 Å². The van der Waals surface area contributed by atoms with E-state index in [1.165, 1.54) is 0 Å². The van der Waals surface area contributed by atoms with Gasteiger partial charge in [-0.25, -0.2) is 0 Å². The molecule has 0 bridgehead atoms. The second kappa shape index (κ2) is 6.46. The molecule has 1 atom stereocenters. The number of furan rings is 1. The summed E-state index contributed by atoms with van der Waals surface area (Å²) in [4.78, 5) is 26.3. The second-order valence-corrected chi connectivity index (χ2v) is 5.97. The third-order valence-corrected chi connectivity index (χ3v) is 4.41. The molecule has 0 unspecified atom stereocenters. The van der Waals surface area contributed by atoms with Gasteiger partial charge in [-0.1, -0.05) is 17.7 Å². The maximum Gasteiger partial charge on any atom is 0.239 e. The summed E-state index contributed by atoms with van der Waals surface area (Å²) >= 11 is 6.12. The number of hydrogen-bond acceptors (Lipinski definition) is 3. The predicted octanol–water partition coefficient (Wildman–Crippen LogP) is 2.91. The zero-order valence-electron chi connectivity index (χ0n) is 12.7. The van der Waals surface area contributed by atoms with Gasteiger partial charge in [0.25, 0.3) is 0 Å². The molecule has 0 aliphatic carbocycles. The minimum absolute atomic E-state index is 0.193. The van der Waals surface area contributed by atoms with E-state index in [0.717, 1.165) is 11.3 Å². The van der Waals surface area contributed by atoms with E-state index in [9.17, 15) is 9.59 Å². The van der Waals surface area contributed by atoms with E-state index in [1.54, 1.807) is 29.4 Å². The summed E-state index contributed by atoms with van der Waals surface area (Å²) in [5.41, 5.74) is 1.68. The Labute approximate surface area is 139 Å². The van der Waals surface area contributed by atoms with Gasteiger partial charge in [-0.15, -0.1) is 0 Å². The van der Waals surface area contributed by atoms with Gasteiger partial charge >= 0.3 is 0 Å². The predicted molar refractivity (Wildman–Crippen MR) is 87.2 cm³/mol. The Balaban J connectivity index is 1.66. The van der Waals surface area contributed by atoms with Crippen LogP contribution in [0.3, 0.4) is 0 Å². The maximum atomic E-state index is 12.5. The number of nitrogens with one attached hydrogen (secondary N) is 1. The first kappa shape index (κ1) is 15.6. The molecular formula is C17H17ClN2O3. The van der Waals surface area contributed by atoms with Crippen LogP contribution in [0.4, 0.5) is 5.69 Å². The minimum Gasteiger partial charge on any atom is -0.467 e. The Hall–Kier alpha value is -2.27. The number of nitrogens with zero attached hydrogens (tertiary/aromatic N) is 1. The van der Waals surface area contributed by atoms with E-state index < -0.39 is 5.92 Å². The van der Waals surface area contributed by atoms with Crippen LogP contribution in [0.15, 0.2) is 41.0 Å². The monoisotopic (exact) mass is 332 g/mol. The quantitative estimate of drug-likeness (QED) is 0.876. The molecule has 1 aromatic heterocycles. The Morgan fingerprint density at radius 3 is 2.96 bits per heavy atom. The maximum absolute atomic E-state index is 12.5. The van der Waals surface area contributed by atoms with E-state index in [2.05, 4.69) is 5.32 Å². The highest BCUT2D eigenvalue weighted by molar-refractivity contribution is 6.31. The van der Waals surface area contributed by atoms with E-state index >= 15 is 0 Å². The number of aryl methyl sites for hydroxylation is 1. The van der Waals surface area contributed by atoms with E-state index in [-0.39, 0.29) is 18.4 Å². The highest BCUT2D eigenvalue weighted by atomic mass is 35.5. The molecule has 120 valence electrons. The highest BCUT2D eigenvalue weighted by Crippen LogP contribution is 2.29. The lowest BCUT2D eigenvalue weighted by atomic mass is 10.1. The lowest BCUT2D eigenvalue weighted by Crippen LogP contribution is -2.36. The molecule has 2 heterocycles. The fraction of sp³-hybridized carbons (Fsp3) is 0.294. The summed E-state index contributed by atoms with van der Waals surface area (Å²) < 4.78 is 5.16. The third-order valence-electron chi connectivity index (χ3n) is 4.01. The van der Waals surface area contributed by atoms with Gasteiger partial charge in [0.05, 0.1) is 12.8 Å². The van der Waals surface area contributed by atoms with Crippen molar-refractivity contribution in [3.05, 3.63) is 52.9 Å². The van der Waals surface area contributed by atoms with Crippen LogP contribution in [0.1, 0.15) is 17.7 Å². The number of halogens is 1. The molecule has 1 N–H and O–H groups in total. The van der Waals surface area contributed by atoms with Crippen LogP contribution in [0.25, 0.3) is 0 Å². The molecule has 2 amide bonds. The second-order valence-electron chi connectivity index (χ2n) is 5.56. The SMILES string of the molecule is Cc1ccc(N2CC[C@@H](C(=O)NCc3ccco3)C2=O)cc1Cl. The van der Waals surface area contributed by atoms with Crippen molar-refractivity contribution in [2.45, 2.75) is 19.9 Å². The molecule has 1 saturated heterocycles. The lowest BCUT2D eigenvalue weighted by molar-refractivity contribution is -0.132. The van der Waals surface area contributed by atoms with Crippen molar-refractivity contribution in [3.63, 3.8) is 0 Å². The summed E-state index contributed by atoms with van der Waals surface area (Å²) in [5.74, 6) is -0.468. The van der Waals surface area contributed by atoms with Gasteiger partial charge in [0.2, 0.25) is 11.8 Å². The van der Waals surface area contributed by atoms with Gasteiger partial charge in [-0.05, 0) is 43.2 Å². The van der Waals surface area contributed by atoms with Gasteiger partial charge < -0.3 is 14.6 Å². The number of carbonyl (C=O) groups excluding carboxylic acids is 2. The first-order valence-electron chi connectivity index (χ1n) is 7.44. The molecule has 1 fully saturated rings. The molecule has 2 aromatic rings. The summed E-state index contributed by atoms with van der Waals surface area (Å²) in [5, 5.41) is 3.36. The van der Waals surface area contributed by atoms with Crippen molar-refractivity contribution in [1.29, 1.82) is 0 Å². The van der Waals surface area contributed by atoms with Crippen LogP contribution in [0.2, 0.25) is 5.02 Å². The van der Waals surface area contributed by atoms with Gasteiger partial charge in [-0.3, -0.25) is 9.59 Å². The molecule has 0 spiro atoms. The zero-order chi connectivity index (χ0) is 16.4. The van der Waals surface area contributed by atoms with Crippen molar-refractivity contribution in [2.75, 3.05) is 11.4 Å². The molecular weight excluding hydrogens is 316 g/mol. The van der Waals surface area contributed by atoms with Crippen LogP contribution in [-0.4, -0.2) is 18.4 Å². The Bertz CT molecular complexity index is 727. The fourth-order valence-electron chi connectivity index (χ4n) is 2.64. The molecule has 0 saturated carbocycles. The number of hydrogen-bond donors (Lipinski definition) is 1. The third kappa shape index (κ3) is 3.24. The summed E-state index contributed by atoms with van der Waals surface area (Å²) in [6, 6.07) is 9.01. The smallest absolute Gasteiger partial charge is 0.239 e. The molecule has 6 heteroatoms. The molecule has 1 aromatic carbocycles. The minimum atomic E-state index is -0.662. The normalized spacial score (nSPS) is 17.6. The first-order valence-corrected chi connectivity index (χ1v) is 7.81. The van der Waals surface area contributed by atoms with E-state index in [0.29, 0.717) is 23.7 Å². The lowest BCUT2D eigenvalue weighted by Gasteiger charge is -2.17. The largest absolute Gasteiger partial charge is 0.467 e. The summed E-state index contributed by atoms with van der Waals surface area (Å²) in [7, 11) is 0. The van der Waals surface area contributed by atoms with Crippen molar-refractivity contribution >= 4 is 29.1 Å². The van der Waals surface area contributed by atoms with Crippen LogP contribution in [0, 0.1) is 12.8 Å². The van der Waals surface area contributed by atoms with Crippen LogP contribution in [0.5, 0.6) is 0 Å². The Kier molecular flexibility index (Phi) is 4.39. The van der Waals surface area contributed by atoms with Gasteiger partial charge in [0, 0.05) is 17.3 Å². The highest BCUT2D eigenvalue weighted by Gasteiger charge is 2.37. The molecule has 23 heavy (non-hydrogen) atoms. The summed E-state index contributed by atoms with van der Waals surface area (Å²) in [6.45, 7) is 2.70. The van der Waals surface area contributed by atoms with E-state index in [1.807, 2.05) is 19.1 Å². The number of anilines is 1. The summed E-state index contributed by atoms with van der Waals surface area (Å²) in [6.07, 6.45) is 2.04. The molecule has 1 aliphatic heterocycles. The molecule has 3 rings (SSSR count). The average Bonchev–Trinajstić information content (AvgIpc) is 3.17. The van der Waals surface area contributed by atoms with Crippen molar-refractivity contribution in [1.82, 2.24) is 5.32 Å². The Morgan fingerprint density at radius 2 is 2.26 bits per heavy atom. The average molecular weight is 333 g/mol. The van der Waals surface area contributed by atoms with Crippen molar-refractivity contribution in [3.8, 4) is 0 Å². The molecule has 5 nitrogen and oxygen atoms in total. The van der Waals surface area contributed by atoms with Crippen LogP contribution >= 0.6 is 11.6 Å². The van der Waals surface area contributed by atoms with Gasteiger partial charge in [-0.2, -0.15) is 0 Å². The fourth-order valence-corrected chi connectivity index (χ4v) is 2.81. The van der Waals surface area contributed by atoms with E-state index in [4.69, 9.17) is 16.0 Å². The number of carbonyl (C=O) groups is 2.